The first-order valence-electron chi connectivity index (χ1n) is 7.58. The Morgan fingerprint density at radius 2 is 2.00 bits per heavy atom. The summed E-state index contributed by atoms with van der Waals surface area (Å²) in [5.74, 6) is -0.300. The van der Waals surface area contributed by atoms with Crippen LogP contribution in [0, 0.1) is 11.3 Å². The number of carboxylic acids is 1. The number of allylic oxidation sites excluding steroid dienone is 1. The van der Waals surface area contributed by atoms with Gasteiger partial charge < -0.3 is 9.84 Å². The molecule has 0 fully saturated rings. The minimum atomic E-state index is -0.894. The summed E-state index contributed by atoms with van der Waals surface area (Å²) in [7, 11) is 0. The van der Waals surface area contributed by atoms with Crippen molar-refractivity contribution in [1.82, 2.24) is 4.98 Å². The fourth-order valence-electron chi connectivity index (χ4n) is 2.21. The van der Waals surface area contributed by atoms with Crippen molar-refractivity contribution >= 4 is 39.2 Å². The van der Waals surface area contributed by atoms with E-state index in [4.69, 9.17) is 9.84 Å². The SMILES string of the molecule is N#C/C(=C\c1ccc(OCCC(=O)O)cc1)c1nc2ccccc2s1. The number of hydrogen-bond acceptors (Lipinski definition) is 5. The molecule has 0 amide bonds. The molecule has 6 heteroatoms. The quantitative estimate of drug-likeness (QED) is 0.673. The molecular formula is C19H14N2O3S. The van der Waals surface area contributed by atoms with Gasteiger partial charge in [-0.05, 0) is 35.9 Å². The van der Waals surface area contributed by atoms with Gasteiger partial charge in [0.1, 0.15) is 16.8 Å². The topological polar surface area (TPSA) is 83.2 Å². The maximum atomic E-state index is 10.5. The third-order valence-electron chi connectivity index (χ3n) is 3.42. The van der Waals surface area contributed by atoms with Crippen molar-refractivity contribution in [3.8, 4) is 11.8 Å². The van der Waals surface area contributed by atoms with Crippen LogP contribution in [0.1, 0.15) is 17.0 Å². The summed E-state index contributed by atoms with van der Waals surface area (Å²) in [5.41, 5.74) is 2.23. The summed E-state index contributed by atoms with van der Waals surface area (Å²) in [6, 6.07) is 17.1. The number of ether oxygens (including phenoxy) is 1. The molecule has 0 spiro atoms. The van der Waals surface area contributed by atoms with Gasteiger partial charge in [0.05, 0.1) is 28.8 Å². The molecule has 0 saturated heterocycles. The molecule has 2 aromatic carbocycles. The number of hydrogen-bond donors (Lipinski definition) is 1. The molecule has 0 bridgehead atoms. The standard InChI is InChI=1S/C19H14N2O3S/c20-12-14(19-21-16-3-1-2-4-17(16)25-19)11-13-5-7-15(8-6-13)24-10-9-18(22)23/h1-8,11H,9-10H2,(H,22,23)/b14-11+. The smallest absolute Gasteiger partial charge is 0.306 e. The summed E-state index contributed by atoms with van der Waals surface area (Å²) in [4.78, 5) is 15.0. The number of carbonyl (C=O) groups is 1. The maximum absolute atomic E-state index is 10.5. The van der Waals surface area contributed by atoms with Crippen molar-refractivity contribution in [2.75, 3.05) is 6.61 Å². The van der Waals surface area contributed by atoms with Crippen LogP contribution in [-0.4, -0.2) is 22.7 Å². The number of thiazole rings is 1. The summed E-state index contributed by atoms with van der Waals surface area (Å²) in [6.45, 7) is 0.125. The van der Waals surface area contributed by atoms with Crippen LogP contribution in [0.25, 0.3) is 21.9 Å². The molecule has 0 aliphatic carbocycles. The third kappa shape index (κ3) is 4.22. The van der Waals surface area contributed by atoms with Gasteiger partial charge in [0, 0.05) is 0 Å². The minimum absolute atomic E-state index is 0.0438. The van der Waals surface area contributed by atoms with E-state index in [0.717, 1.165) is 15.8 Å². The maximum Gasteiger partial charge on any atom is 0.306 e. The van der Waals surface area contributed by atoms with Crippen LogP contribution >= 0.6 is 11.3 Å². The summed E-state index contributed by atoms with van der Waals surface area (Å²) < 4.78 is 6.39. The van der Waals surface area contributed by atoms with Crippen molar-refractivity contribution in [2.24, 2.45) is 0 Å². The van der Waals surface area contributed by atoms with Gasteiger partial charge in [-0.3, -0.25) is 4.79 Å². The monoisotopic (exact) mass is 350 g/mol. The lowest BCUT2D eigenvalue weighted by atomic mass is 10.1. The normalized spacial score (nSPS) is 11.2. The zero-order valence-corrected chi connectivity index (χ0v) is 14.0. The Bertz CT molecular complexity index is 935. The number of nitriles is 1. The molecule has 5 nitrogen and oxygen atoms in total. The first-order chi connectivity index (χ1) is 12.2. The van der Waals surface area contributed by atoms with Gasteiger partial charge in [0.2, 0.25) is 0 Å². The van der Waals surface area contributed by atoms with Crippen LogP contribution in [0.4, 0.5) is 0 Å². The first kappa shape index (κ1) is 16.7. The van der Waals surface area contributed by atoms with E-state index in [1.54, 1.807) is 18.2 Å². The molecule has 0 aliphatic heterocycles. The van der Waals surface area contributed by atoms with Crippen LogP contribution in [0.2, 0.25) is 0 Å². The summed E-state index contributed by atoms with van der Waals surface area (Å²) in [5, 5.41) is 18.7. The number of nitrogens with zero attached hydrogens (tertiary/aromatic N) is 2. The number of benzene rings is 2. The van der Waals surface area contributed by atoms with Crippen molar-refractivity contribution in [2.45, 2.75) is 6.42 Å². The van der Waals surface area contributed by atoms with Gasteiger partial charge in [-0.2, -0.15) is 5.26 Å². The second-order valence-electron chi connectivity index (χ2n) is 5.22. The lowest BCUT2D eigenvalue weighted by molar-refractivity contribution is -0.137. The Kier molecular flexibility index (Phi) is 5.07. The van der Waals surface area contributed by atoms with Crippen molar-refractivity contribution in [3.05, 3.63) is 59.1 Å². The molecule has 0 saturated carbocycles. The molecular weight excluding hydrogens is 336 g/mol. The highest BCUT2D eigenvalue weighted by Crippen LogP contribution is 2.28. The largest absolute Gasteiger partial charge is 0.493 e. The number of carboxylic acid groups (broad SMARTS) is 1. The predicted octanol–water partition coefficient (Wildman–Crippen LogP) is 4.21. The molecule has 1 N–H and O–H groups in total. The Morgan fingerprint density at radius 1 is 1.24 bits per heavy atom. The second kappa shape index (κ2) is 7.60. The number of para-hydroxylation sites is 1. The Hall–Kier alpha value is -3.17. The lowest BCUT2D eigenvalue weighted by Gasteiger charge is -2.04. The van der Waals surface area contributed by atoms with E-state index in [1.807, 2.05) is 36.4 Å². The van der Waals surface area contributed by atoms with E-state index in [0.29, 0.717) is 16.3 Å². The van der Waals surface area contributed by atoms with E-state index < -0.39 is 5.97 Å². The average molecular weight is 350 g/mol. The minimum Gasteiger partial charge on any atom is -0.493 e. The van der Waals surface area contributed by atoms with Crippen molar-refractivity contribution in [3.63, 3.8) is 0 Å². The zero-order valence-electron chi connectivity index (χ0n) is 13.2. The van der Waals surface area contributed by atoms with Gasteiger partial charge in [0.15, 0.2) is 0 Å². The number of rotatable bonds is 6. The third-order valence-corrected chi connectivity index (χ3v) is 4.49. The van der Waals surface area contributed by atoms with Crippen LogP contribution in [0.5, 0.6) is 5.75 Å². The molecule has 25 heavy (non-hydrogen) atoms. The van der Waals surface area contributed by atoms with E-state index in [1.165, 1.54) is 11.3 Å². The molecule has 0 aliphatic rings. The van der Waals surface area contributed by atoms with E-state index in [9.17, 15) is 10.1 Å². The molecule has 1 heterocycles. The highest BCUT2D eigenvalue weighted by atomic mass is 32.1. The predicted molar refractivity (Wildman–Crippen MR) is 97.3 cm³/mol. The molecule has 124 valence electrons. The van der Waals surface area contributed by atoms with Crippen molar-refractivity contribution in [1.29, 1.82) is 5.26 Å². The fourth-order valence-corrected chi connectivity index (χ4v) is 3.14. The van der Waals surface area contributed by atoms with Crippen LogP contribution in [-0.2, 0) is 4.79 Å². The molecule has 0 unspecified atom stereocenters. The highest BCUT2D eigenvalue weighted by molar-refractivity contribution is 7.19. The van der Waals surface area contributed by atoms with E-state index in [2.05, 4.69) is 11.1 Å². The number of aromatic nitrogens is 1. The Morgan fingerprint density at radius 3 is 2.68 bits per heavy atom. The molecule has 0 radical (unpaired) electrons. The lowest BCUT2D eigenvalue weighted by Crippen LogP contribution is -2.04. The van der Waals surface area contributed by atoms with Crippen molar-refractivity contribution < 1.29 is 14.6 Å². The Balaban J connectivity index is 1.78. The van der Waals surface area contributed by atoms with Gasteiger partial charge in [-0.15, -0.1) is 11.3 Å². The van der Waals surface area contributed by atoms with E-state index in [-0.39, 0.29) is 13.0 Å². The van der Waals surface area contributed by atoms with Gasteiger partial charge in [-0.1, -0.05) is 24.3 Å². The van der Waals surface area contributed by atoms with Gasteiger partial charge in [-0.25, -0.2) is 4.98 Å². The fraction of sp³-hybridized carbons (Fsp3) is 0.105. The number of aliphatic carboxylic acids is 1. The summed E-state index contributed by atoms with van der Waals surface area (Å²) in [6.07, 6.45) is 1.73. The molecule has 3 rings (SSSR count). The average Bonchev–Trinajstić information content (AvgIpc) is 3.04. The van der Waals surface area contributed by atoms with Gasteiger partial charge in [0.25, 0.3) is 0 Å². The van der Waals surface area contributed by atoms with Gasteiger partial charge >= 0.3 is 5.97 Å². The van der Waals surface area contributed by atoms with Crippen LogP contribution < -0.4 is 4.74 Å². The van der Waals surface area contributed by atoms with Crippen LogP contribution in [0.15, 0.2) is 48.5 Å². The molecule has 3 aromatic rings. The Labute approximate surface area is 148 Å². The first-order valence-corrected chi connectivity index (χ1v) is 8.40. The molecule has 0 atom stereocenters. The zero-order chi connectivity index (χ0) is 17.6. The van der Waals surface area contributed by atoms with Crippen LogP contribution in [0.3, 0.4) is 0 Å². The highest BCUT2D eigenvalue weighted by Gasteiger charge is 2.08. The van der Waals surface area contributed by atoms with E-state index >= 15 is 0 Å². The second-order valence-corrected chi connectivity index (χ2v) is 6.25. The molecule has 1 aromatic heterocycles. The summed E-state index contributed by atoms with van der Waals surface area (Å²) >= 11 is 1.48. The number of fused-ring (bicyclic) bond motifs is 1.